The molecule has 0 saturated heterocycles. The van der Waals surface area contributed by atoms with Crippen molar-refractivity contribution in [1.82, 2.24) is 15.6 Å². The molecule has 8 heteroatoms. The van der Waals surface area contributed by atoms with E-state index in [1.807, 2.05) is 13.1 Å². The van der Waals surface area contributed by atoms with E-state index in [0.29, 0.717) is 31.2 Å². The van der Waals surface area contributed by atoms with Gasteiger partial charge in [-0.2, -0.15) is 0 Å². The highest BCUT2D eigenvalue weighted by molar-refractivity contribution is 5.94. The van der Waals surface area contributed by atoms with Gasteiger partial charge in [0.1, 0.15) is 18.2 Å². The highest BCUT2D eigenvalue weighted by Crippen LogP contribution is 2.19. The number of aromatic nitrogens is 1. The molecule has 1 heterocycles. The Bertz CT molecular complexity index is 998. The molecule has 0 aliphatic rings. The molecule has 0 aliphatic heterocycles. The first-order chi connectivity index (χ1) is 14.0. The molecule has 0 bridgehead atoms. The van der Waals surface area contributed by atoms with Crippen molar-refractivity contribution >= 4 is 28.5 Å². The van der Waals surface area contributed by atoms with Gasteiger partial charge in [-0.1, -0.05) is 0 Å². The van der Waals surface area contributed by atoms with Crippen molar-refractivity contribution in [2.75, 3.05) is 25.0 Å². The van der Waals surface area contributed by atoms with Crippen LogP contribution in [0.3, 0.4) is 0 Å². The Morgan fingerprint density at radius 3 is 2.59 bits per heavy atom. The van der Waals surface area contributed by atoms with Gasteiger partial charge in [0.2, 0.25) is 5.91 Å². The van der Waals surface area contributed by atoms with Gasteiger partial charge in [-0.3, -0.25) is 4.79 Å². The van der Waals surface area contributed by atoms with E-state index >= 15 is 0 Å². The second kappa shape index (κ2) is 9.68. The number of anilines is 1. The lowest BCUT2D eigenvalue weighted by Crippen LogP contribution is -2.39. The monoisotopic (exact) mass is 399 g/mol. The van der Waals surface area contributed by atoms with Crippen LogP contribution in [0.2, 0.25) is 0 Å². The van der Waals surface area contributed by atoms with Gasteiger partial charge in [0.25, 0.3) is 0 Å². The van der Waals surface area contributed by atoms with Gasteiger partial charge in [0.15, 0.2) is 5.96 Å². The summed E-state index contributed by atoms with van der Waals surface area (Å²) < 4.78 is 26.2. The molecule has 1 aromatic heterocycles. The number of rotatable bonds is 7. The number of hydrogen-bond donors (Lipinski definition) is 4. The van der Waals surface area contributed by atoms with Crippen LogP contribution in [-0.2, 0) is 11.2 Å². The Morgan fingerprint density at radius 2 is 1.83 bits per heavy atom. The molecular formula is C21H23F2N5O. The predicted molar refractivity (Wildman–Crippen MR) is 111 cm³/mol. The molecule has 0 spiro atoms. The second-order valence-electron chi connectivity index (χ2n) is 6.43. The van der Waals surface area contributed by atoms with E-state index in [1.165, 1.54) is 36.4 Å². The molecular weight excluding hydrogens is 376 g/mol. The first-order valence-corrected chi connectivity index (χ1v) is 9.38. The molecule has 3 rings (SSSR count). The number of guanidine groups is 1. The number of aromatic amines is 1. The van der Waals surface area contributed by atoms with Crippen LogP contribution in [0.25, 0.3) is 10.9 Å². The van der Waals surface area contributed by atoms with Crippen LogP contribution in [0.1, 0.15) is 12.5 Å². The number of H-pyrrole nitrogens is 1. The first-order valence-electron chi connectivity index (χ1n) is 9.38. The molecule has 0 unspecified atom stereocenters. The number of carbonyl (C=O) groups is 1. The van der Waals surface area contributed by atoms with Crippen molar-refractivity contribution < 1.29 is 13.6 Å². The van der Waals surface area contributed by atoms with Crippen molar-refractivity contribution in [3.05, 3.63) is 65.9 Å². The zero-order valence-corrected chi connectivity index (χ0v) is 16.1. The number of amides is 1. The Labute approximate surface area is 167 Å². The van der Waals surface area contributed by atoms with Gasteiger partial charge in [-0.25, -0.2) is 13.8 Å². The van der Waals surface area contributed by atoms with E-state index < -0.39 is 0 Å². The zero-order valence-electron chi connectivity index (χ0n) is 16.1. The molecule has 0 saturated carbocycles. The predicted octanol–water partition coefficient (Wildman–Crippen LogP) is 3.18. The SMILES string of the molecule is CCNC(=NCC(=O)Nc1ccc(F)cc1)NCCc1c[nH]c2cc(F)ccc12. The van der Waals surface area contributed by atoms with Crippen LogP contribution in [0, 0.1) is 11.6 Å². The number of hydrogen-bond acceptors (Lipinski definition) is 2. The van der Waals surface area contributed by atoms with Crippen molar-refractivity contribution in [3.63, 3.8) is 0 Å². The Kier molecular flexibility index (Phi) is 6.78. The number of carbonyl (C=O) groups excluding carboxylic acids is 1. The molecule has 0 aliphatic carbocycles. The standard InChI is InChI=1S/C21H23F2N5O/c1-2-24-21(27-13-20(29)28-17-6-3-15(22)4-7-17)25-10-9-14-12-26-19-11-16(23)5-8-18(14)19/h3-8,11-12,26H,2,9-10,13H2,1H3,(H,28,29)(H2,24,25,27). The van der Waals surface area contributed by atoms with Crippen LogP contribution in [0.15, 0.2) is 53.7 Å². The Balaban J connectivity index is 1.53. The minimum atomic E-state index is -0.361. The van der Waals surface area contributed by atoms with Gasteiger partial charge < -0.3 is 20.9 Å². The second-order valence-corrected chi connectivity index (χ2v) is 6.43. The van der Waals surface area contributed by atoms with Crippen molar-refractivity contribution in [2.24, 2.45) is 4.99 Å². The van der Waals surface area contributed by atoms with Crippen LogP contribution in [-0.4, -0.2) is 36.5 Å². The molecule has 4 N–H and O–H groups in total. The lowest BCUT2D eigenvalue weighted by Gasteiger charge is -2.11. The van der Waals surface area contributed by atoms with E-state index in [4.69, 9.17) is 0 Å². The van der Waals surface area contributed by atoms with E-state index in [-0.39, 0.29) is 24.1 Å². The van der Waals surface area contributed by atoms with Crippen molar-refractivity contribution in [2.45, 2.75) is 13.3 Å². The fraction of sp³-hybridized carbons (Fsp3) is 0.238. The topological polar surface area (TPSA) is 81.3 Å². The maximum Gasteiger partial charge on any atom is 0.246 e. The number of nitrogens with one attached hydrogen (secondary N) is 4. The quantitative estimate of drug-likeness (QED) is 0.364. The minimum absolute atomic E-state index is 0.0704. The zero-order chi connectivity index (χ0) is 20.6. The average molecular weight is 399 g/mol. The summed E-state index contributed by atoms with van der Waals surface area (Å²) in [5.74, 6) is -0.412. The maximum atomic E-state index is 13.3. The van der Waals surface area contributed by atoms with Gasteiger partial charge in [0, 0.05) is 35.9 Å². The Hall–Kier alpha value is -3.42. The molecule has 0 radical (unpaired) electrons. The third kappa shape index (κ3) is 5.78. The van der Waals surface area contributed by atoms with Gasteiger partial charge in [0.05, 0.1) is 0 Å². The summed E-state index contributed by atoms with van der Waals surface area (Å²) in [6, 6.07) is 10.2. The molecule has 29 heavy (non-hydrogen) atoms. The van der Waals surface area contributed by atoms with Gasteiger partial charge in [-0.05, 0) is 61.4 Å². The third-order valence-corrected chi connectivity index (χ3v) is 4.27. The summed E-state index contributed by atoms with van der Waals surface area (Å²) in [7, 11) is 0. The summed E-state index contributed by atoms with van der Waals surface area (Å²) in [6.07, 6.45) is 2.57. The lowest BCUT2D eigenvalue weighted by atomic mass is 10.1. The van der Waals surface area contributed by atoms with Gasteiger partial charge in [-0.15, -0.1) is 0 Å². The smallest absolute Gasteiger partial charge is 0.246 e. The fourth-order valence-electron chi connectivity index (χ4n) is 2.91. The summed E-state index contributed by atoms with van der Waals surface area (Å²) >= 11 is 0. The minimum Gasteiger partial charge on any atom is -0.361 e. The third-order valence-electron chi connectivity index (χ3n) is 4.27. The highest BCUT2D eigenvalue weighted by Gasteiger charge is 2.06. The summed E-state index contributed by atoms with van der Waals surface area (Å²) in [5.41, 5.74) is 2.34. The average Bonchev–Trinajstić information content (AvgIpc) is 3.10. The van der Waals surface area contributed by atoms with Crippen LogP contribution < -0.4 is 16.0 Å². The Morgan fingerprint density at radius 1 is 1.07 bits per heavy atom. The summed E-state index contributed by atoms with van der Waals surface area (Å²) in [4.78, 5) is 19.4. The van der Waals surface area contributed by atoms with E-state index in [2.05, 4.69) is 25.9 Å². The van der Waals surface area contributed by atoms with Crippen LogP contribution in [0.5, 0.6) is 0 Å². The van der Waals surface area contributed by atoms with Crippen molar-refractivity contribution in [1.29, 1.82) is 0 Å². The number of aliphatic imine (C=N–C) groups is 1. The molecule has 0 fully saturated rings. The van der Waals surface area contributed by atoms with E-state index in [9.17, 15) is 13.6 Å². The van der Waals surface area contributed by atoms with Crippen molar-refractivity contribution in [3.8, 4) is 0 Å². The number of fused-ring (bicyclic) bond motifs is 1. The molecule has 3 aromatic rings. The molecule has 0 atom stereocenters. The maximum absolute atomic E-state index is 13.3. The molecule has 152 valence electrons. The number of benzene rings is 2. The van der Waals surface area contributed by atoms with Crippen LogP contribution >= 0.6 is 0 Å². The molecule has 2 aromatic carbocycles. The largest absolute Gasteiger partial charge is 0.361 e. The molecule has 6 nitrogen and oxygen atoms in total. The lowest BCUT2D eigenvalue weighted by molar-refractivity contribution is -0.114. The molecule has 1 amide bonds. The first kappa shape index (κ1) is 20.3. The normalized spacial score (nSPS) is 11.5. The fourth-order valence-corrected chi connectivity index (χ4v) is 2.91. The van der Waals surface area contributed by atoms with Crippen LogP contribution in [0.4, 0.5) is 14.5 Å². The summed E-state index contributed by atoms with van der Waals surface area (Å²) in [6.45, 7) is 3.11. The van der Waals surface area contributed by atoms with E-state index in [0.717, 1.165) is 16.5 Å². The van der Waals surface area contributed by atoms with E-state index in [1.54, 1.807) is 6.07 Å². The highest BCUT2D eigenvalue weighted by atomic mass is 19.1. The van der Waals surface area contributed by atoms with Gasteiger partial charge >= 0.3 is 0 Å². The summed E-state index contributed by atoms with van der Waals surface area (Å²) in [5, 5.41) is 9.92. The number of halogens is 2. The number of nitrogens with zero attached hydrogens (tertiary/aromatic N) is 1.